The second-order valence-corrected chi connectivity index (χ2v) is 8.14. The molecule has 3 unspecified atom stereocenters. The molecule has 1 saturated carbocycles. The molecule has 2 bridgehead atoms. The van der Waals surface area contributed by atoms with Crippen LogP contribution in [0.4, 0.5) is 0 Å². The second kappa shape index (κ2) is 3.49. The van der Waals surface area contributed by atoms with Gasteiger partial charge < -0.3 is 4.74 Å². The summed E-state index contributed by atoms with van der Waals surface area (Å²) in [5.74, 6) is 0.950. The fourth-order valence-corrected chi connectivity index (χ4v) is 6.43. The second-order valence-electron chi connectivity index (χ2n) is 5.42. The Morgan fingerprint density at radius 2 is 2.29 bits per heavy atom. The van der Waals surface area contributed by atoms with Crippen LogP contribution in [0.2, 0.25) is 5.04 Å². The van der Waals surface area contributed by atoms with Gasteiger partial charge in [-0.05, 0) is 49.5 Å². The maximum Gasteiger partial charge on any atom is 0.0667 e. The molecule has 3 atom stereocenters. The molecule has 0 radical (unpaired) electrons. The summed E-state index contributed by atoms with van der Waals surface area (Å²) in [6.45, 7) is 1.04. The lowest BCUT2D eigenvalue weighted by Gasteiger charge is -2.30. The first-order chi connectivity index (χ1) is 6.86. The molecule has 2 aliphatic carbocycles. The molecule has 1 aliphatic heterocycles. The van der Waals surface area contributed by atoms with Gasteiger partial charge in [0.15, 0.2) is 0 Å². The summed E-state index contributed by atoms with van der Waals surface area (Å²) in [5.41, 5.74) is 0.713. The topological polar surface area (TPSA) is 9.23 Å². The molecule has 3 aliphatic rings. The zero-order chi connectivity index (χ0) is 9.43. The van der Waals surface area contributed by atoms with Gasteiger partial charge in [-0.2, -0.15) is 0 Å². The Hall–Kier alpha value is -0.0831. The molecule has 0 aromatic rings. The van der Waals surface area contributed by atoms with Crippen LogP contribution in [0, 0.1) is 5.92 Å². The van der Waals surface area contributed by atoms with Gasteiger partial charge in [-0.3, -0.25) is 0 Å². The average molecular weight is 208 g/mol. The zero-order valence-electron chi connectivity index (χ0n) is 8.87. The van der Waals surface area contributed by atoms with Gasteiger partial charge in [-0.25, -0.2) is 0 Å². The van der Waals surface area contributed by atoms with Gasteiger partial charge in [0.1, 0.15) is 0 Å². The van der Waals surface area contributed by atoms with E-state index in [0.717, 1.165) is 12.5 Å². The summed E-state index contributed by atoms with van der Waals surface area (Å²) in [4.78, 5) is 0. The first kappa shape index (κ1) is 9.17. The Morgan fingerprint density at radius 1 is 1.29 bits per heavy atom. The van der Waals surface area contributed by atoms with E-state index in [-0.39, 0.29) is 9.52 Å². The summed E-state index contributed by atoms with van der Waals surface area (Å²) < 4.78 is 5.91. The third kappa shape index (κ3) is 1.59. The summed E-state index contributed by atoms with van der Waals surface area (Å²) in [5, 5.41) is 0.701. The minimum Gasteiger partial charge on any atom is -0.382 e. The van der Waals surface area contributed by atoms with E-state index in [0.29, 0.717) is 10.8 Å². The van der Waals surface area contributed by atoms with Crippen LogP contribution < -0.4 is 0 Å². The van der Waals surface area contributed by atoms with Crippen molar-refractivity contribution in [1.29, 1.82) is 0 Å². The summed E-state index contributed by atoms with van der Waals surface area (Å²) >= 11 is 0. The fourth-order valence-electron chi connectivity index (χ4n) is 3.53. The van der Waals surface area contributed by atoms with Crippen LogP contribution in [0.15, 0.2) is 12.2 Å². The van der Waals surface area contributed by atoms with Gasteiger partial charge in [-0.15, -0.1) is 0 Å². The van der Waals surface area contributed by atoms with Crippen LogP contribution in [-0.2, 0) is 4.74 Å². The molecular weight excluding hydrogens is 188 g/mol. The highest BCUT2D eigenvalue weighted by Crippen LogP contribution is 2.54. The molecule has 78 valence electrons. The smallest absolute Gasteiger partial charge is 0.0667 e. The van der Waals surface area contributed by atoms with Gasteiger partial charge >= 0.3 is 0 Å². The maximum absolute atomic E-state index is 5.91. The molecule has 0 aromatic carbocycles. The molecule has 2 heteroatoms. The Labute approximate surface area is 88.7 Å². The van der Waals surface area contributed by atoms with Crippen LogP contribution in [0.1, 0.15) is 38.5 Å². The first-order valence-corrected chi connectivity index (χ1v) is 7.70. The molecule has 2 fully saturated rings. The molecular formula is C12H20OSi. The van der Waals surface area contributed by atoms with E-state index < -0.39 is 0 Å². The largest absolute Gasteiger partial charge is 0.382 e. The van der Waals surface area contributed by atoms with Gasteiger partial charge in [0, 0.05) is 12.3 Å². The van der Waals surface area contributed by atoms with Crippen molar-refractivity contribution in [2.45, 2.75) is 49.3 Å². The summed E-state index contributed by atoms with van der Waals surface area (Å²) in [6.07, 6.45) is 13.6. The fraction of sp³-hybridized carbons (Fsp3) is 0.833. The van der Waals surface area contributed by atoms with E-state index in [4.69, 9.17) is 4.74 Å². The van der Waals surface area contributed by atoms with E-state index in [1.54, 1.807) is 0 Å². The number of fused-ring (bicyclic) bond motifs is 2. The average Bonchev–Trinajstić information content (AvgIpc) is 2.78. The molecule has 0 amide bonds. The van der Waals surface area contributed by atoms with Crippen molar-refractivity contribution in [3.05, 3.63) is 12.2 Å². The molecule has 3 rings (SSSR count). The van der Waals surface area contributed by atoms with E-state index >= 15 is 0 Å². The molecule has 14 heavy (non-hydrogen) atoms. The van der Waals surface area contributed by atoms with Crippen LogP contribution >= 0.6 is 0 Å². The number of hydrogen-bond donors (Lipinski definition) is 0. The maximum atomic E-state index is 5.91. The Bertz CT molecular complexity index is 245. The SMILES string of the molecule is C1=CC2([SiH2]C3CCCCO3)CCC1C2. The molecule has 0 spiro atoms. The van der Waals surface area contributed by atoms with Crippen LogP contribution in [0.5, 0.6) is 0 Å². The highest BCUT2D eigenvalue weighted by molar-refractivity contribution is 6.43. The number of ether oxygens (including phenoxy) is 1. The van der Waals surface area contributed by atoms with E-state index in [9.17, 15) is 0 Å². The van der Waals surface area contributed by atoms with Gasteiger partial charge in [0.05, 0.1) is 9.52 Å². The van der Waals surface area contributed by atoms with Crippen molar-refractivity contribution >= 4 is 9.52 Å². The summed E-state index contributed by atoms with van der Waals surface area (Å²) in [6, 6.07) is 0. The molecule has 1 heterocycles. The monoisotopic (exact) mass is 208 g/mol. The lowest BCUT2D eigenvalue weighted by Crippen LogP contribution is -2.32. The zero-order valence-corrected chi connectivity index (χ0v) is 10.3. The predicted octanol–water partition coefficient (Wildman–Crippen LogP) is 2.21. The number of rotatable bonds is 2. The Balaban J connectivity index is 1.63. The molecule has 0 N–H and O–H groups in total. The number of hydrogen-bond acceptors (Lipinski definition) is 1. The number of allylic oxidation sites excluding steroid dienone is 2. The van der Waals surface area contributed by atoms with Crippen molar-refractivity contribution in [2.24, 2.45) is 5.92 Å². The van der Waals surface area contributed by atoms with Crippen LogP contribution in [0.25, 0.3) is 0 Å². The Kier molecular flexibility index (Phi) is 2.29. The van der Waals surface area contributed by atoms with Gasteiger partial charge in [0.25, 0.3) is 0 Å². The van der Waals surface area contributed by atoms with Crippen LogP contribution in [0.3, 0.4) is 0 Å². The highest BCUT2D eigenvalue weighted by Gasteiger charge is 2.42. The van der Waals surface area contributed by atoms with E-state index in [2.05, 4.69) is 12.2 Å². The van der Waals surface area contributed by atoms with Crippen molar-refractivity contribution in [3.8, 4) is 0 Å². The van der Waals surface area contributed by atoms with E-state index in [1.165, 1.54) is 38.5 Å². The summed E-state index contributed by atoms with van der Waals surface area (Å²) in [7, 11) is -0.0323. The Morgan fingerprint density at radius 3 is 2.86 bits per heavy atom. The van der Waals surface area contributed by atoms with Crippen LogP contribution in [-0.4, -0.2) is 21.9 Å². The standard InChI is InChI=1S/C12H20OSi/c1-2-8-13-11(3-1)14-12-6-4-10(9-12)5-7-12/h4,6,10-11H,1-3,5,7-9,14H2. The van der Waals surface area contributed by atoms with Crippen molar-refractivity contribution < 1.29 is 4.74 Å². The van der Waals surface area contributed by atoms with Crippen molar-refractivity contribution in [2.75, 3.05) is 6.61 Å². The molecule has 1 nitrogen and oxygen atoms in total. The molecule has 1 saturated heterocycles. The highest BCUT2D eigenvalue weighted by atomic mass is 28.2. The molecule has 0 aromatic heterocycles. The third-order valence-electron chi connectivity index (χ3n) is 4.31. The minimum absolute atomic E-state index is 0.0323. The van der Waals surface area contributed by atoms with Gasteiger partial charge in [-0.1, -0.05) is 12.2 Å². The van der Waals surface area contributed by atoms with E-state index in [1.807, 2.05) is 0 Å². The third-order valence-corrected chi connectivity index (χ3v) is 7.10. The quantitative estimate of drug-likeness (QED) is 0.499. The van der Waals surface area contributed by atoms with Crippen molar-refractivity contribution in [1.82, 2.24) is 0 Å². The van der Waals surface area contributed by atoms with Crippen molar-refractivity contribution in [3.63, 3.8) is 0 Å². The van der Waals surface area contributed by atoms with Gasteiger partial charge in [0.2, 0.25) is 0 Å². The first-order valence-electron chi connectivity index (χ1n) is 6.17. The predicted molar refractivity (Wildman–Crippen MR) is 61.3 cm³/mol. The lowest BCUT2D eigenvalue weighted by molar-refractivity contribution is 0.0635. The minimum atomic E-state index is -0.0323. The lowest BCUT2D eigenvalue weighted by atomic mass is 10.1. The normalized spacial score (nSPS) is 46.9.